The molecule has 0 saturated carbocycles. The summed E-state index contributed by atoms with van der Waals surface area (Å²) < 4.78 is 77.6. The van der Waals surface area contributed by atoms with Gasteiger partial charge >= 0.3 is 41.8 Å². The van der Waals surface area contributed by atoms with Crippen LogP contribution >= 0.6 is 47.0 Å². The number of aliphatic hydroxyl groups excluding tert-OH is 4. The Labute approximate surface area is 713 Å². The van der Waals surface area contributed by atoms with Gasteiger partial charge in [-0.3, -0.25) is 38.7 Å². The first-order valence-corrected chi connectivity index (χ1v) is 47.4. The Morgan fingerprint density at radius 1 is 0.463 bits per heavy atom. The Bertz CT molecular complexity index is 4960. The largest absolute Gasteiger partial charge is 0.463 e. The number of fused-ring (bicyclic) bond motifs is 5. The van der Waals surface area contributed by atoms with E-state index in [9.17, 15) is 48.9 Å². The van der Waals surface area contributed by atoms with Crippen molar-refractivity contribution in [1.82, 2.24) is 79.4 Å². The summed E-state index contributed by atoms with van der Waals surface area (Å²) in [4.78, 5) is 112. The third kappa shape index (κ3) is 21.3. The van der Waals surface area contributed by atoms with Crippen molar-refractivity contribution in [1.29, 1.82) is 0 Å². The van der Waals surface area contributed by atoms with Gasteiger partial charge in [-0.05, 0) is 52.9 Å². The molecule has 44 nitrogen and oxygen atoms in total. The summed E-state index contributed by atoms with van der Waals surface area (Å²) in [5.74, 6) is -2.98. The van der Waals surface area contributed by atoms with Crippen molar-refractivity contribution in [3.63, 3.8) is 0 Å². The van der Waals surface area contributed by atoms with Crippen LogP contribution in [0.25, 0.3) is 44.1 Å². The Hall–Kier alpha value is -8.88. The zero-order valence-corrected chi connectivity index (χ0v) is 75.3. The van der Waals surface area contributed by atoms with E-state index in [2.05, 4.69) is 116 Å². The number of aromatic amines is 1. The highest BCUT2D eigenvalue weighted by atomic mass is 32.2. The summed E-state index contributed by atoms with van der Waals surface area (Å²) >= 11 is 5.67. The summed E-state index contributed by atoms with van der Waals surface area (Å²) in [6.07, 6.45) is -2.31. The maximum Gasteiger partial charge on any atom is 0.305 e. The number of nitrogens with two attached hydrogens (primary N) is 4. The molecule has 0 amide bonds. The van der Waals surface area contributed by atoms with Gasteiger partial charge < -0.3 is 104 Å². The molecule has 0 aliphatic carbocycles. The van der Waals surface area contributed by atoms with Gasteiger partial charge in [-0.1, -0.05) is 55.4 Å². The number of rotatable bonds is 21. The van der Waals surface area contributed by atoms with Crippen LogP contribution in [-0.4, -0.2) is 289 Å². The second-order valence-corrected chi connectivity index (χ2v) is 43.0. The molecule has 5 aliphatic heterocycles. The van der Waals surface area contributed by atoms with E-state index in [-0.39, 0.29) is 24.8 Å². The van der Waals surface area contributed by atoms with Crippen LogP contribution in [0.5, 0.6) is 0 Å². The molecule has 0 radical (unpaired) electrons. The maximum absolute atomic E-state index is 11.8. The number of carbonyl (C=O) groups excluding carboxylic acids is 7. The average molecular weight is 1810 g/mol. The van der Waals surface area contributed by atoms with Gasteiger partial charge in [-0.15, -0.1) is 47.0 Å². The van der Waals surface area contributed by atoms with E-state index in [1.165, 1.54) is 109 Å². The lowest BCUT2D eigenvalue weighted by atomic mass is 10.1. The van der Waals surface area contributed by atoms with Crippen molar-refractivity contribution < 1.29 is 115 Å². The molecule has 13 heterocycles. The predicted octanol–water partition coefficient (Wildman–Crippen LogP) is 4.43. The molecule has 664 valence electrons. The van der Waals surface area contributed by atoms with E-state index in [1.807, 2.05) is 25.0 Å². The first-order valence-electron chi connectivity index (χ1n) is 38.0. The minimum atomic E-state index is -2.39. The number of esters is 7. The van der Waals surface area contributed by atoms with Crippen LogP contribution in [0.4, 0.5) is 23.3 Å². The predicted molar refractivity (Wildman–Crippen MR) is 443 cm³/mol. The molecule has 5 fully saturated rings. The lowest BCUT2D eigenvalue weighted by molar-refractivity contribution is -0.197. The minimum Gasteiger partial charge on any atom is -0.463 e. The van der Waals surface area contributed by atoms with Gasteiger partial charge in [-0.2, -0.15) is 20.4 Å². The fraction of sp³-hybridized carbons (Fsp3) is 0.620. The van der Waals surface area contributed by atoms with Crippen LogP contribution in [0, 0.1) is 0 Å². The average Bonchev–Trinajstić information content (AvgIpc) is 1.66. The van der Waals surface area contributed by atoms with E-state index in [4.69, 9.17) is 94.1 Å². The van der Waals surface area contributed by atoms with Crippen LogP contribution in [0.3, 0.4) is 0 Å². The lowest BCUT2D eigenvalue weighted by Gasteiger charge is -2.51. The van der Waals surface area contributed by atoms with Crippen molar-refractivity contribution in [3.05, 3.63) is 25.3 Å². The molecule has 50 heteroatoms. The molecule has 5 saturated heterocycles. The van der Waals surface area contributed by atoms with Gasteiger partial charge in [0, 0.05) is 48.5 Å². The molecule has 0 aromatic carbocycles. The van der Waals surface area contributed by atoms with E-state index < -0.39 is 163 Å². The zero-order valence-electron chi connectivity index (χ0n) is 70.0. The number of H-pyrrole nitrogens is 1. The molecular weight excluding hydrogens is 1700 g/mol. The standard InChI is InChI=1S/C24H43N5O4SSi2.C17H21N5O7S.C13H18O9.C11H15N5O4S.C6H7N5S/c1-13(2)35(14(3)4)12-36(15(5)6,16(7)8)33-20-17(10-31-35)32-24(19(20)30)29-22-18(23(28-29)34-9)21(25)26-11-27-22;1-7(23)26-5-10-12(27-8(2)24)13(28-9(3)25)17(29-10)22-15-11(16(21-22)30-4)14(18)19-6-20-15;1-6(14)18-5-10-11(19-7(2)15)12(20-8(3)16)13(22-10)21-9(4)17;1-21-10-5-8(12)13-3-14-9(5)16(15-10)11-7(19)6(18)4(2-17)20-11;1-12-6-3-4(7)8-2-9-5(3)10-11-6/h11,13-17,19-20,24,30H,10,12H2,1-9H3,(H2,25,26,27);6,10,12-13,17H,5H2,1-4H3,(H2,18,19,20);10-13H,5H2,1-4H3;3-4,6-7,11,17-19H,2H2,1H3,(H2,12,13,14);2H,1H3,(H3,7,8,9,10,11)/t17-,19+,20+,24+;10-,12+,13+,17+;10-,11+,12+,13?;4-,6+,7+,11+;/m0000./s1. The highest BCUT2D eigenvalue weighted by Gasteiger charge is 2.61. The first-order chi connectivity index (χ1) is 57.2. The smallest absolute Gasteiger partial charge is 0.305 e. The van der Waals surface area contributed by atoms with E-state index in [0.29, 0.717) is 94.2 Å². The molecule has 16 atom stereocenters. The maximum atomic E-state index is 11.8. The topological polar surface area (TPSA) is 610 Å². The van der Waals surface area contributed by atoms with Crippen LogP contribution in [0.15, 0.2) is 45.4 Å². The summed E-state index contributed by atoms with van der Waals surface area (Å²) in [6, 6.07) is 0. The number of thioether (sulfide) groups is 4. The molecule has 0 bridgehead atoms. The van der Waals surface area contributed by atoms with Crippen LogP contribution in [-0.2, 0) is 94.5 Å². The van der Waals surface area contributed by atoms with E-state index in [1.54, 1.807) is 4.68 Å². The number of carbonyl (C=O) groups is 7. The number of nitrogen functional groups attached to an aromatic ring is 4. The van der Waals surface area contributed by atoms with Crippen LogP contribution < -0.4 is 22.9 Å². The normalized spacial score (nSPS) is 25.2. The van der Waals surface area contributed by atoms with Crippen molar-refractivity contribution in [2.45, 2.75) is 250 Å². The summed E-state index contributed by atoms with van der Waals surface area (Å²) in [5.41, 5.74) is 28.3. The number of ether oxygens (including phenoxy) is 11. The monoisotopic (exact) mass is 1800 g/mol. The molecule has 1 unspecified atom stereocenters. The van der Waals surface area contributed by atoms with Crippen LogP contribution in [0.1, 0.15) is 123 Å². The number of hydrogen-bond donors (Lipinski definition) is 9. The SMILES string of the molecule is CC(=O)OC[C@@H]1OC(OC(C)=O)[C@H](OC(C)=O)[C@@H]1OC(C)=O.CSc1n[nH]c2ncnc(N)c12.CSc1nn([C@@H]2O[C@@H](CO)[C@@H](O)[C@H]2O)c2ncnc(N)c12.CSc1nn([C@@H]2O[C@@H](COC(C)=O)[C@@H](OC(C)=O)[C@H]2OC(C)=O)c2ncnc(N)c12.CSc1nn([C@@H]2O[C@H]3CO[Si](C(C)C)(C(C)C)C[Si](C(C)C)(C(C)C)O[C@H]3[C@H]2O)c2ncnc(N)c12. The number of nitrogens with zero attached hydrogens (tertiary/aromatic N) is 15. The number of aromatic nitrogens is 16. The molecule has 13 N–H and O–H groups in total. The Kier molecular flexibility index (Phi) is 32.9. The third-order valence-electron chi connectivity index (χ3n) is 20.4. The van der Waals surface area contributed by atoms with Gasteiger partial charge in [0.1, 0.15) is 131 Å². The molecule has 8 aromatic rings. The molecule has 121 heavy (non-hydrogen) atoms. The molecule has 5 aliphatic rings. The quantitative estimate of drug-likeness (QED) is 0.0208. The van der Waals surface area contributed by atoms with E-state index in [0.717, 1.165) is 36.9 Å². The lowest BCUT2D eigenvalue weighted by Crippen LogP contribution is -2.62. The molecule has 8 aromatic heterocycles. The van der Waals surface area contributed by atoms with Gasteiger partial charge in [0.25, 0.3) is 0 Å². The second-order valence-electron chi connectivity index (χ2n) is 29.5. The Morgan fingerprint density at radius 3 is 1.25 bits per heavy atom. The summed E-state index contributed by atoms with van der Waals surface area (Å²) in [5, 5.41) is 66.4. The highest BCUT2D eigenvalue weighted by molar-refractivity contribution is 7.99. The van der Waals surface area contributed by atoms with Crippen molar-refractivity contribution in [3.8, 4) is 0 Å². The Morgan fingerprint density at radius 2 is 0.843 bits per heavy atom. The van der Waals surface area contributed by atoms with Gasteiger partial charge in [-0.25, -0.2) is 53.9 Å². The minimum absolute atomic E-state index is 0.215. The molecular formula is C71H104N20O24S4Si2. The second kappa shape index (κ2) is 41.5. The Balaban J connectivity index is 0.000000178. The highest BCUT2D eigenvalue weighted by Crippen LogP contribution is 2.52. The van der Waals surface area contributed by atoms with Gasteiger partial charge in [0.15, 0.2) is 76.2 Å². The number of nitrogens with one attached hydrogen (secondary N) is 1. The van der Waals surface area contributed by atoms with Gasteiger partial charge in [0.05, 0.1) is 34.8 Å². The first kappa shape index (κ1) is 96.0. The third-order valence-corrected chi connectivity index (χ3v) is 36.8. The zero-order chi connectivity index (χ0) is 89.1. The van der Waals surface area contributed by atoms with Gasteiger partial charge in [0.2, 0.25) is 12.4 Å². The van der Waals surface area contributed by atoms with Crippen molar-refractivity contribution in [2.24, 2.45) is 0 Å². The summed E-state index contributed by atoms with van der Waals surface area (Å²) in [7, 11) is -4.59. The fourth-order valence-electron chi connectivity index (χ4n) is 14.7. The number of anilines is 4. The summed E-state index contributed by atoms with van der Waals surface area (Å²) in [6.45, 7) is 26.2. The van der Waals surface area contributed by atoms with Crippen LogP contribution in [0.2, 0.25) is 27.8 Å². The van der Waals surface area contributed by atoms with Crippen molar-refractivity contribution >= 4 is 173 Å². The van der Waals surface area contributed by atoms with E-state index >= 15 is 0 Å². The molecule has 13 rings (SSSR count). The molecule has 0 spiro atoms. The number of hydrogen-bond acceptors (Lipinski definition) is 44. The van der Waals surface area contributed by atoms with Crippen molar-refractivity contribution in [2.75, 3.05) is 74.4 Å². The fourth-order valence-corrected chi connectivity index (χ4v) is 32.9. The number of aliphatic hydroxyl groups is 4.